The second kappa shape index (κ2) is 4.24. The topological polar surface area (TPSA) is 63.0 Å². The number of pyridine rings is 1. The summed E-state index contributed by atoms with van der Waals surface area (Å²) in [4.78, 5) is 14.4. The molecule has 6 heteroatoms. The minimum atomic E-state index is -0.537. The fraction of sp³-hybridized carbons (Fsp3) is 0. The molecule has 21 heavy (non-hydrogen) atoms. The number of rotatable bonds is 1. The summed E-state index contributed by atoms with van der Waals surface area (Å²) in [5.41, 5.74) is 1.85. The number of hydrogen-bond acceptors (Lipinski definition) is 3. The van der Waals surface area contributed by atoms with E-state index in [1.807, 2.05) is 6.07 Å². The van der Waals surface area contributed by atoms with Crippen LogP contribution in [0.15, 0.2) is 53.7 Å². The van der Waals surface area contributed by atoms with Crippen LogP contribution < -0.4 is 5.56 Å². The van der Waals surface area contributed by atoms with Crippen LogP contribution in [0.25, 0.3) is 27.4 Å². The van der Waals surface area contributed by atoms with Gasteiger partial charge in [0.1, 0.15) is 5.82 Å². The Kier molecular flexibility index (Phi) is 2.38. The van der Waals surface area contributed by atoms with Gasteiger partial charge >= 0.3 is 0 Å². The molecule has 0 bridgehead atoms. The Balaban J connectivity index is 2.15. The van der Waals surface area contributed by atoms with Crippen molar-refractivity contribution in [3.63, 3.8) is 0 Å². The summed E-state index contributed by atoms with van der Waals surface area (Å²) in [5, 5.41) is 8.88. The maximum absolute atomic E-state index is 13.9. The Morgan fingerprint density at radius 3 is 2.90 bits per heavy atom. The Labute approximate surface area is 117 Å². The molecule has 0 amide bonds. The SMILES string of the molecule is O=c1[nH]cc(-c2cnn3ncccc23)c2cccc(F)c12. The van der Waals surface area contributed by atoms with Crippen molar-refractivity contribution in [3.8, 4) is 11.1 Å². The molecule has 0 atom stereocenters. The van der Waals surface area contributed by atoms with Gasteiger partial charge in [0.2, 0.25) is 0 Å². The van der Waals surface area contributed by atoms with E-state index < -0.39 is 11.4 Å². The summed E-state index contributed by atoms with van der Waals surface area (Å²) in [6, 6.07) is 8.26. The second-order valence-corrected chi connectivity index (χ2v) is 4.65. The highest BCUT2D eigenvalue weighted by molar-refractivity contribution is 5.99. The highest BCUT2D eigenvalue weighted by atomic mass is 19.1. The van der Waals surface area contributed by atoms with E-state index in [1.165, 1.54) is 10.7 Å². The van der Waals surface area contributed by atoms with Gasteiger partial charge in [-0.2, -0.15) is 14.8 Å². The van der Waals surface area contributed by atoms with Gasteiger partial charge in [0.15, 0.2) is 0 Å². The lowest BCUT2D eigenvalue weighted by atomic mass is 10.0. The zero-order valence-corrected chi connectivity index (χ0v) is 10.7. The lowest BCUT2D eigenvalue weighted by Crippen LogP contribution is -2.07. The Bertz CT molecular complexity index is 1030. The third-order valence-electron chi connectivity index (χ3n) is 3.47. The standard InChI is InChI=1S/C15H9FN4O/c16-12-4-1-3-9-10(7-17-15(21)14(9)12)11-8-19-20-13(11)5-2-6-18-20/h1-8H,(H,17,21). The second-order valence-electron chi connectivity index (χ2n) is 4.65. The van der Waals surface area contributed by atoms with Crippen LogP contribution in [-0.4, -0.2) is 19.8 Å². The Morgan fingerprint density at radius 1 is 1.10 bits per heavy atom. The van der Waals surface area contributed by atoms with Gasteiger partial charge in [-0.15, -0.1) is 0 Å². The van der Waals surface area contributed by atoms with Gasteiger partial charge in [-0.1, -0.05) is 12.1 Å². The molecule has 0 aliphatic rings. The Morgan fingerprint density at radius 2 is 2.00 bits per heavy atom. The van der Waals surface area contributed by atoms with Crippen molar-refractivity contribution in [1.82, 2.24) is 19.8 Å². The van der Waals surface area contributed by atoms with Crippen molar-refractivity contribution in [2.24, 2.45) is 0 Å². The normalized spacial score (nSPS) is 11.3. The molecule has 3 aromatic heterocycles. The minimum Gasteiger partial charge on any atom is -0.328 e. The number of aromatic amines is 1. The first kappa shape index (κ1) is 11.8. The number of halogens is 1. The lowest BCUT2D eigenvalue weighted by molar-refractivity contribution is 0.638. The number of H-pyrrole nitrogens is 1. The van der Waals surface area contributed by atoms with Crippen LogP contribution >= 0.6 is 0 Å². The zero-order chi connectivity index (χ0) is 14.4. The molecule has 0 aliphatic carbocycles. The highest BCUT2D eigenvalue weighted by Gasteiger charge is 2.14. The van der Waals surface area contributed by atoms with Crippen molar-refractivity contribution >= 4 is 16.3 Å². The molecule has 1 N–H and O–H groups in total. The summed E-state index contributed by atoms with van der Waals surface area (Å²) >= 11 is 0. The van der Waals surface area contributed by atoms with Crippen LogP contribution in [-0.2, 0) is 0 Å². The smallest absolute Gasteiger partial charge is 0.258 e. The van der Waals surface area contributed by atoms with Crippen molar-refractivity contribution in [3.05, 3.63) is 65.1 Å². The van der Waals surface area contributed by atoms with Crippen LogP contribution in [0.5, 0.6) is 0 Å². The van der Waals surface area contributed by atoms with Crippen molar-refractivity contribution in [1.29, 1.82) is 0 Å². The van der Waals surface area contributed by atoms with E-state index in [-0.39, 0.29) is 5.39 Å². The molecule has 102 valence electrons. The van der Waals surface area contributed by atoms with E-state index in [0.29, 0.717) is 10.9 Å². The van der Waals surface area contributed by atoms with Gasteiger partial charge in [0.05, 0.1) is 17.1 Å². The predicted octanol–water partition coefficient (Wildman–Crippen LogP) is 2.38. The van der Waals surface area contributed by atoms with Gasteiger partial charge < -0.3 is 4.98 Å². The molecular weight excluding hydrogens is 271 g/mol. The number of benzene rings is 1. The molecular formula is C15H9FN4O. The number of aromatic nitrogens is 4. The van der Waals surface area contributed by atoms with Crippen LogP contribution in [0.4, 0.5) is 4.39 Å². The fourth-order valence-corrected chi connectivity index (χ4v) is 2.53. The van der Waals surface area contributed by atoms with Gasteiger partial charge in [-0.25, -0.2) is 4.39 Å². The molecule has 0 unspecified atom stereocenters. The first-order chi connectivity index (χ1) is 10.3. The average molecular weight is 280 g/mol. The molecule has 0 saturated heterocycles. The molecule has 0 spiro atoms. The van der Waals surface area contributed by atoms with E-state index in [2.05, 4.69) is 15.2 Å². The molecule has 5 nitrogen and oxygen atoms in total. The third-order valence-corrected chi connectivity index (χ3v) is 3.47. The average Bonchev–Trinajstić information content (AvgIpc) is 2.92. The third kappa shape index (κ3) is 1.66. The monoisotopic (exact) mass is 280 g/mol. The van der Waals surface area contributed by atoms with Gasteiger partial charge in [0.25, 0.3) is 5.56 Å². The molecule has 0 fully saturated rings. The number of fused-ring (bicyclic) bond motifs is 2. The maximum atomic E-state index is 13.9. The van der Waals surface area contributed by atoms with Gasteiger partial charge in [-0.05, 0) is 23.6 Å². The van der Waals surface area contributed by atoms with Crippen LogP contribution in [0.2, 0.25) is 0 Å². The summed E-state index contributed by atoms with van der Waals surface area (Å²) < 4.78 is 15.4. The lowest BCUT2D eigenvalue weighted by Gasteiger charge is -2.05. The first-order valence-corrected chi connectivity index (χ1v) is 6.35. The van der Waals surface area contributed by atoms with E-state index >= 15 is 0 Å². The van der Waals surface area contributed by atoms with Gasteiger partial charge in [0, 0.05) is 23.5 Å². The summed E-state index contributed by atoms with van der Waals surface area (Å²) in [6.45, 7) is 0. The molecule has 1 aromatic carbocycles. The van der Waals surface area contributed by atoms with Crippen molar-refractivity contribution in [2.75, 3.05) is 0 Å². The largest absolute Gasteiger partial charge is 0.328 e. The number of nitrogens with zero attached hydrogens (tertiary/aromatic N) is 3. The van der Waals surface area contributed by atoms with Crippen LogP contribution in [0.1, 0.15) is 0 Å². The quantitative estimate of drug-likeness (QED) is 0.582. The zero-order valence-electron chi connectivity index (χ0n) is 10.7. The Hall–Kier alpha value is -3.02. The van der Waals surface area contributed by atoms with Gasteiger partial charge in [-0.3, -0.25) is 4.79 Å². The predicted molar refractivity (Wildman–Crippen MR) is 76.5 cm³/mol. The molecule has 4 aromatic rings. The molecule has 0 radical (unpaired) electrons. The van der Waals surface area contributed by atoms with E-state index in [4.69, 9.17) is 0 Å². The van der Waals surface area contributed by atoms with E-state index in [9.17, 15) is 9.18 Å². The molecule has 3 heterocycles. The van der Waals surface area contributed by atoms with E-state index in [0.717, 1.165) is 11.1 Å². The minimum absolute atomic E-state index is 0.0539. The number of hydrogen-bond donors (Lipinski definition) is 1. The van der Waals surface area contributed by atoms with E-state index in [1.54, 1.807) is 36.8 Å². The molecule has 4 rings (SSSR count). The van der Waals surface area contributed by atoms with Crippen molar-refractivity contribution < 1.29 is 4.39 Å². The maximum Gasteiger partial charge on any atom is 0.258 e. The summed E-state index contributed by atoms with van der Waals surface area (Å²) in [5.74, 6) is -0.537. The molecule has 0 aliphatic heterocycles. The van der Waals surface area contributed by atoms with Crippen LogP contribution in [0.3, 0.4) is 0 Å². The number of nitrogens with one attached hydrogen (secondary N) is 1. The summed E-state index contributed by atoms with van der Waals surface area (Å²) in [6.07, 6.45) is 4.86. The first-order valence-electron chi connectivity index (χ1n) is 6.35. The highest BCUT2D eigenvalue weighted by Crippen LogP contribution is 2.29. The molecule has 0 saturated carbocycles. The summed E-state index contributed by atoms with van der Waals surface area (Å²) in [7, 11) is 0. The van der Waals surface area contributed by atoms with Crippen LogP contribution in [0, 0.1) is 5.82 Å². The fourth-order valence-electron chi connectivity index (χ4n) is 2.53. The van der Waals surface area contributed by atoms with Crippen molar-refractivity contribution in [2.45, 2.75) is 0 Å².